The van der Waals surface area contributed by atoms with Crippen molar-refractivity contribution in [2.75, 3.05) is 5.75 Å². The molecule has 0 amide bonds. The SMILES string of the molecule is CCn1ncnc1C(=O)CSc1ccc(F)cc1. The average Bonchev–Trinajstić information content (AvgIpc) is 2.86. The van der Waals surface area contributed by atoms with Gasteiger partial charge in [-0.15, -0.1) is 11.8 Å². The lowest BCUT2D eigenvalue weighted by molar-refractivity contribution is 0.100. The molecule has 1 aromatic heterocycles. The Hall–Kier alpha value is -1.69. The number of aryl methyl sites for hydroxylation is 1. The Labute approximate surface area is 108 Å². The number of benzene rings is 1. The number of thioether (sulfide) groups is 1. The summed E-state index contributed by atoms with van der Waals surface area (Å²) in [6, 6.07) is 6.05. The Kier molecular flexibility index (Phi) is 4.09. The predicted octanol–water partition coefficient (Wildman–Crippen LogP) is 2.41. The van der Waals surface area contributed by atoms with Crippen molar-refractivity contribution < 1.29 is 9.18 Å². The van der Waals surface area contributed by atoms with Crippen molar-refractivity contribution in [3.8, 4) is 0 Å². The van der Waals surface area contributed by atoms with Gasteiger partial charge in [-0.2, -0.15) is 5.10 Å². The van der Waals surface area contributed by atoms with Crippen LogP contribution in [0.1, 0.15) is 17.5 Å². The summed E-state index contributed by atoms with van der Waals surface area (Å²) < 4.78 is 14.3. The maximum Gasteiger partial charge on any atom is 0.209 e. The molecule has 0 aliphatic rings. The van der Waals surface area contributed by atoms with Crippen molar-refractivity contribution in [2.24, 2.45) is 0 Å². The van der Waals surface area contributed by atoms with E-state index in [1.54, 1.807) is 16.8 Å². The fourth-order valence-electron chi connectivity index (χ4n) is 1.46. The van der Waals surface area contributed by atoms with Gasteiger partial charge in [0.05, 0.1) is 5.75 Å². The fourth-order valence-corrected chi connectivity index (χ4v) is 2.21. The third-order valence-electron chi connectivity index (χ3n) is 2.35. The van der Waals surface area contributed by atoms with Gasteiger partial charge >= 0.3 is 0 Å². The number of ketones is 1. The minimum atomic E-state index is -0.281. The van der Waals surface area contributed by atoms with E-state index in [0.717, 1.165) is 4.90 Å². The molecular formula is C12H12FN3OS. The van der Waals surface area contributed by atoms with Gasteiger partial charge in [0.1, 0.15) is 12.1 Å². The topological polar surface area (TPSA) is 47.8 Å². The number of carbonyl (C=O) groups is 1. The van der Waals surface area contributed by atoms with E-state index in [0.29, 0.717) is 12.4 Å². The zero-order valence-electron chi connectivity index (χ0n) is 9.84. The maximum atomic E-state index is 12.7. The Morgan fingerprint density at radius 1 is 1.39 bits per heavy atom. The highest BCUT2D eigenvalue weighted by Gasteiger charge is 2.13. The van der Waals surface area contributed by atoms with Crippen LogP contribution in [0.15, 0.2) is 35.5 Å². The number of nitrogens with zero attached hydrogens (tertiary/aromatic N) is 3. The zero-order valence-corrected chi connectivity index (χ0v) is 10.7. The van der Waals surface area contributed by atoms with Crippen LogP contribution < -0.4 is 0 Å². The summed E-state index contributed by atoms with van der Waals surface area (Å²) in [7, 11) is 0. The van der Waals surface area contributed by atoms with Crippen LogP contribution in [0.4, 0.5) is 4.39 Å². The first-order valence-electron chi connectivity index (χ1n) is 5.50. The lowest BCUT2D eigenvalue weighted by atomic mass is 10.3. The summed E-state index contributed by atoms with van der Waals surface area (Å²) in [5.74, 6) is 0.275. The molecule has 2 rings (SSSR count). The Morgan fingerprint density at radius 2 is 2.11 bits per heavy atom. The van der Waals surface area contributed by atoms with Crippen molar-refractivity contribution in [3.63, 3.8) is 0 Å². The highest BCUT2D eigenvalue weighted by atomic mass is 32.2. The zero-order chi connectivity index (χ0) is 13.0. The van der Waals surface area contributed by atoms with Gasteiger partial charge in [-0.3, -0.25) is 4.79 Å². The second-order valence-corrected chi connectivity index (χ2v) is 4.61. The molecule has 0 saturated heterocycles. The number of rotatable bonds is 5. The smallest absolute Gasteiger partial charge is 0.209 e. The number of hydrogen-bond donors (Lipinski definition) is 0. The molecule has 0 atom stereocenters. The molecule has 0 fully saturated rings. The van der Waals surface area contributed by atoms with Crippen molar-refractivity contribution >= 4 is 17.5 Å². The number of hydrogen-bond acceptors (Lipinski definition) is 4. The van der Waals surface area contributed by atoms with E-state index in [-0.39, 0.29) is 17.4 Å². The Balaban J connectivity index is 1.98. The van der Waals surface area contributed by atoms with Gasteiger partial charge < -0.3 is 0 Å². The molecule has 0 spiro atoms. The number of carbonyl (C=O) groups excluding carboxylic acids is 1. The van der Waals surface area contributed by atoms with Crippen LogP contribution in [0, 0.1) is 5.82 Å². The molecule has 18 heavy (non-hydrogen) atoms. The molecule has 2 aromatic rings. The van der Waals surface area contributed by atoms with Crippen LogP contribution in [0.25, 0.3) is 0 Å². The molecule has 4 nitrogen and oxygen atoms in total. The highest BCUT2D eigenvalue weighted by Crippen LogP contribution is 2.19. The van der Waals surface area contributed by atoms with Gasteiger partial charge in [-0.05, 0) is 31.2 Å². The van der Waals surface area contributed by atoms with E-state index in [1.807, 2.05) is 6.92 Å². The largest absolute Gasteiger partial charge is 0.290 e. The highest BCUT2D eigenvalue weighted by molar-refractivity contribution is 8.00. The van der Waals surface area contributed by atoms with E-state index in [4.69, 9.17) is 0 Å². The van der Waals surface area contributed by atoms with Crippen LogP contribution in [-0.2, 0) is 6.54 Å². The fraction of sp³-hybridized carbons (Fsp3) is 0.250. The second kappa shape index (κ2) is 5.77. The van der Waals surface area contributed by atoms with E-state index in [1.165, 1.54) is 30.2 Å². The number of aromatic nitrogens is 3. The third kappa shape index (κ3) is 2.95. The van der Waals surface area contributed by atoms with Crippen LogP contribution in [-0.4, -0.2) is 26.3 Å². The summed E-state index contributed by atoms with van der Waals surface area (Å²) in [6.45, 7) is 2.51. The molecule has 0 radical (unpaired) electrons. The predicted molar refractivity (Wildman–Crippen MR) is 67.2 cm³/mol. The minimum absolute atomic E-state index is 0.0799. The maximum absolute atomic E-state index is 12.7. The van der Waals surface area contributed by atoms with Crippen molar-refractivity contribution in [3.05, 3.63) is 42.2 Å². The molecule has 0 unspecified atom stereocenters. The molecule has 1 aromatic carbocycles. The Bertz CT molecular complexity index is 539. The van der Waals surface area contributed by atoms with Crippen LogP contribution >= 0.6 is 11.8 Å². The van der Waals surface area contributed by atoms with Gasteiger partial charge in [0, 0.05) is 11.4 Å². The molecular weight excluding hydrogens is 253 g/mol. The summed E-state index contributed by atoms with van der Waals surface area (Å²) in [4.78, 5) is 16.7. The van der Waals surface area contributed by atoms with Gasteiger partial charge in [0.15, 0.2) is 5.82 Å². The molecule has 0 aliphatic carbocycles. The van der Waals surface area contributed by atoms with E-state index < -0.39 is 0 Å². The van der Waals surface area contributed by atoms with Crippen LogP contribution in [0.5, 0.6) is 0 Å². The van der Waals surface area contributed by atoms with E-state index >= 15 is 0 Å². The molecule has 0 bridgehead atoms. The normalized spacial score (nSPS) is 10.6. The first-order chi connectivity index (χ1) is 8.70. The third-order valence-corrected chi connectivity index (χ3v) is 3.36. The number of Topliss-reactive ketones (excluding diaryl/α,β-unsaturated/α-hetero) is 1. The summed E-state index contributed by atoms with van der Waals surface area (Å²) in [5.41, 5.74) is 0. The molecule has 0 saturated carbocycles. The Morgan fingerprint density at radius 3 is 2.78 bits per heavy atom. The van der Waals surface area contributed by atoms with Crippen molar-refractivity contribution in [1.82, 2.24) is 14.8 Å². The molecule has 94 valence electrons. The molecule has 6 heteroatoms. The molecule has 0 N–H and O–H groups in total. The molecule has 1 heterocycles. The standard InChI is InChI=1S/C12H12FN3OS/c1-2-16-12(14-8-15-16)11(17)7-18-10-5-3-9(13)4-6-10/h3-6,8H,2,7H2,1H3. The van der Waals surface area contributed by atoms with Gasteiger partial charge in [0.2, 0.25) is 5.78 Å². The minimum Gasteiger partial charge on any atom is -0.290 e. The quantitative estimate of drug-likeness (QED) is 0.615. The van der Waals surface area contributed by atoms with Crippen LogP contribution in [0.2, 0.25) is 0 Å². The van der Waals surface area contributed by atoms with E-state index in [2.05, 4.69) is 10.1 Å². The van der Waals surface area contributed by atoms with Crippen molar-refractivity contribution in [2.45, 2.75) is 18.4 Å². The van der Waals surface area contributed by atoms with E-state index in [9.17, 15) is 9.18 Å². The average molecular weight is 265 g/mol. The molecule has 0 aliphatic heterocycles. The number of halogens is 1. The second-order valence-electron chi connectivity index (χ2n) is 3.57. The summed E-state index contributed by atoms with van der Waals surface area (Å²) in [6.07, 6.45) is 1.37. The first kappa shape index (κ1) is 12.8. The van der Waals surface area contributed by atoms with Gasteiger partial charge in [0.25, 0.3) is 0 Å². The van der Waals surface area contributed by atoms with Crippen LogP contribution in [0.3, 0.4) is 0 Å². The lowest BCUT2D eigenvalue weighted by Crippen LogP contribution is -2.12. The van der Waals surface area contributed by atoms with Crippen molar-refractivity contribution in [1.29, 1.82) is 0 Å². The lowest BCUT2D eigenvalue weighted by Gasteiger charge is -2.02. The monoisotopic (exact) mass is 265 g/mol. The summed E-state index contributed by atoms with van der Waals surface area (Å²) >= 11 is 1.36. The first-order valence-corrected chi connectivity index (χ1v) is 6.48. The summed E-state index contributed by atoms with van der Waals surface area (Å²) in [5, 5.41) is 3.95. The van der Waals surface area contributed by atoms with Gasteiger partial charge in [-0.25, -0.2) is 14.1 Å². The van der Waals surface area contributed by atoms with Gasteiger partial charge in [-0.1, -0.05) is 0 Å².